The summed E-state index contributed by atoms with van der Waals surface area (Å²) in [4.78, 5) is 58.0. The standard InChI is InChI=1S/C30H24ClN5O4/c1-15(37)33-18-7-9-19(10-8-18)36-27(38)25-24(12-16-14-32-22-5-3-2-4-20(16)22)35-30(26(25)28(36)39)21-13-17(31)6-11-23(21)34-29(30)40/h2-11,13-14,24-26,32,35H,12H2,1H3,(H,33,37)(H,34,40)/t24-,25-,26+,30-/m1/s1. The van der Waals surface area contributed by atoms with Crippen molar-refractivity contribution in [2.24, 2.45) is 11.8 Å². The van der Waals surface area contributed by atoms with Crippen LogP contribution in [-0.4, -0.2) is 34.7 Å². The van der Waals surface area contributed by atoms with Crippen LogP contribution in [0.5, 0.6) is 0 Å². The van der Waals surface area contributed by atoms with Crippen LogP contribution in [0.15, 0.2) is 72.9 Å². The Morgan fingerprint density at radius 3 is 2.58 bits per heavy atom. The molecule has 4 amide bonds. The number of imide groups is 1. The van der Waals surface area contributed by atoms with E-state index < -0.39 is 29.3 Å². The summed E-state index contributed by atoms with van der Waals surface area (Å²) in [6.45, 7) is 1.40. The second kappa shape index (κ2) is 8.77. The second-order valence-electron chi connectivity index (χ2n) is 10.5. The maximum absolute atomic E-state index is 14.2. The zero-order valence-electron chi connectivity index (χ0n) is 21.3. The van der Waals surface area contributed by atoms with E-state index in [0.717, 1.165) is 16.5 Å². The van der Waals surface area contributed by atoms with Gasteiger partial charge in [0.1, 0.15) is 5.54 Å². The van der Waals surface area contributed by atoms with Gasteiger partial charge in [0.05, 0.1) is 17.5 Å². The number of para-hydroxylation sites is 1. The Labute approximate surface area is 233 Å². The van der Waals surface area contributed by atoms with Gasteiger partial charge < -0.3 is 15.6 Å². The third-order valence-electron chi connectivity index (χ3n) is 8.24. The number of aromatic amines is 1. The molecular formula is C30H24ClN5O4. The number of halogens is 1. The van der Waals surface area contributed by atoms with E-state index in [1.54, 1.807) is 42.5 Å². The van der Waals surface area contributed by atoms with Crippen LogP contribution in [0.4, 0.5) is 17.1 Å². The Morgan fingerprint density at radius 2 is 1.80 bits per heavy atom. The first-order chi connectivity index (χ1) is 19.3. The molecule has 0 saturated carbocycles. The van der Waals surface area contributed by atoms with Crippen LogP contribution in [0.2, 0.25) is 5.02 Å². The number of carbonyl (C=O) groups excluding carboxylic acids is 4. The van der Waals surface area contributed by atoms with E-state index in [-0.39, 0.29) is 17.7 Å². The molecule has 4 aromatic rings. The maximum atomic E-state index is 14.2. The monoisotopic (exact) mass is 553 g/mol. The highest BCUT2D eigenvalue weighted by Gasteiger charge is 2.70. The molecule has 0 radical (unpaired) electrons. The lowest BCUT2D eigenvalue weighted by atomic mass is 9.76. The van der Waals surface area contributed by atoms with E-state index in [1.165, 1.54) is 11.8 Å². The number of anilines is 3. The summed E-state index contributed by atoms with van der Waals surface area (Å²) in [6, 6.07) is 19.0. The van der Waals surface area contributed by atoms with Crippen LogP contribution < -0.4 is 20.9 Å². The summed E-state index contributed by atoms with van der Waals surface area (Å²) in [5.41, 5.74) is 2.53. The molecule has 9 nitrogen and oxygen atoms in total. The molecular weight excluding hydrogens is 530 g/mol. The first-order valence-corrected chi connectivity index (χ1v) is 13.4. The fourth-order valence-corrected chi connectivity index (χ4v) is 6.81. The van der Waals surface area contributed by atoms with Crippen molar-refractivity contribution < 1.29 is 19.2 Å². The summed E-state index contributed by atoms with van der Waals surface area (Å²) in [5, 5.41) is 10.5. The zero-order valence-corrected chi connectivity index (χ0v) is 22.1. The summed E-state index contributed by atoms with van der Waals surface area (Å²) >= 11 is 6.37. The molecule has 1 aromatic heterocycles. The molecule has 3 aliphatic heterocycles. The van der Waals surface area contributed by atoms with E-state index in [0.29, 0.717) is 34.1 Å². The molecule has 200 valence electrons. The Morgan fingerprint density at radius 1 is 1.02 bits per heavy atom. The van der Waals surface area contributed by atoms with Gasteiger partial charge in [0.15, 0.2) is 0 Å². The minimum Gasteiger partial charge on any atom is -0.361 e. The first kappa shape index (κ1) is 24.6. The summed E-state index contributed by atoms with van der Waals surface area (Å²) in [7, 11) is 0. The van der Waals surface area contributed by atoms with Gasteiger partial charge in [-0.3, -0.25) is 24.5 Å². The number of amides is 4. The highest BCUT2D eigenvalue weighted by Crippen LogP contribution is 2.54. The molecule has 1 spiro atoms. The zero-order chi connectivity index (χ0) is 27.8. The number of fused-ring (bicyclic) bond motifs is 5. The topological polar surface area (TPSA) is 123 Å². The van der Waals surface area contributed by atoms with Gasteiger partial charge in [-0.1, -0.05) is 29.8 Å². The molecule has 10 heteroatoms. The highest BCUT2D eigenvalue weighted by molar-refractivity contribution is 6.31. The molecule has 4 atom stereocenters. The van der Waals surface area contributed by atoms with Crippen LogP contribution in [0.25, 0.3) is 10.9 Å². The molecule has 7 rings (SSSR count). The fraction of sp³-hybridized carbons (Fsp3) is 0.200. The summed E-state index contributed by atoms with van der Waals surface area (Å²) in [5.74, 6) is -3.23. The normalized spacial score (nSPS) is 25.0. The van der Waals surface area contributed by atoms with Gasteiger partial charge in [0.25, 0.3) is 0 Å². The highest BCUT2D eigenvalue weighted by atomic mass is 35.5. The van der Waals surface area contributed by atoms with E-state index >= 15 is 0 Å². The van der Waals surface area contributed by atoms with Gasteiger partial charge in [0.2, 0.25) is 23.6 Å². The Balaban J connectivity index is 1.34. The molecule has 40 heavy (non-hydrogen) atoms. The number of benzene rings is 3. The lowest BCUT2D eigenvalue weighted by Crippen LogP contribution is -2.53. The number of aromatic nitrogens is 1. The SMILES string of the molecule is CC(=O)Nc1ccc(N2C(=O)[C@H]3[C@@H](C2=O)[C@@]2(N[C@@H]3Cc3c[nH]c4ccccc34)C(=O)Nc3ccc(Cl)cc32)cc1. The van der Waals surface area contributed by atoms with Crippen LogP contribution in [0.1, 0.15) is 18.1 Å². The van der Waals surface area contributed by atoms with Crippen molar-refractivity contribution in [3.8, 4) is 0 Å². The molecule has 4 N–H and O–H groups in total. The van der Waals surface area contributed by atoms with E-state index in [1.807, 2.05) is 30.5 Å². The molecule has 0 unspecified atom stereocenters. The Kier molecular flexibility index (Phi) is 5.39. The number of hydrogen-bond donors (Lipinski definition) is 4. The van der Waals surface area contributed by atoms with Crippen molar-refractivity contribution in [2.75, 3.05) is 15.5 Å². The van der Waals surface area contributed by atoms with Crippen molar-refractivity contribution in [1.82, 2.24) is 10.3 Å². The first-order valence-electron chi connectivity index (χ1n) is 13.0. The van der Waals surface area contributed by atoms with Crippen LogP contribution in [-0.2, 0) is 31.1 Å². The smallest absolute Gasteiger partial charge is 0.250 e. The van der Waals surface area contributed by atoms with Crippen molar-refractivity contribution in [3.63, 3.8) is 0 Å². The molecule has 2 saturated heterocycles. The number of rotatable bonds is 4. The van der Waals surface area contributed by atoms with Gasteiger partial charge in [-0.2, -0.15) is 0 Å². The molecule has 4 heterocycles. The minimum absolute atomic E-state index is 0.228. The molecule has 3 aliphatic rings. The Bertz CT molecular complexity index is 1750. The molecule has 2 fully saturated rings. The fourth-order valence-electron chi connectivity index (χ4n) is 6.64. The maximum Gasteiger partial charge on any atom is 0.250 e. The lowest BCUT2D eigenvalue weighted by Gasteiger charge is -2.29. The predicted octanol–water partition coefficient (Wildman–Crippen LogP) is 3.95. The minimum atomic E-state index is -1.46. The van der Waals surface area contributed by atoms with Crippen LogP contribution >= 0.6 is 11.6 Å². The van der Waals surface area contributed by atoms with Crippen molar-refractivity contribution in [3.05, 3.63) is 89.1 Å². The summed E-state index contributed by atoms with van der Waals surface area (Å²) in [6.07, 6.45) is 2.33. The van der Waals surface area contributed by atoms with E-state index in [2.05, 4.69) is 20.9 Å². The van der Waals surface area contributed by atoms with Gasteiger partial charge in [-0.15, -0.1) is 0 Å². The average molecular weight is 554 g/mol. The van der Waals surface area contributed by atoms with Crippen molar-refractivity contribution in [2.45, 2.75) is 24.9 Å². The molecule has 0 bridgehead atoms. The number of nitrogens with zero attached hydrogens (tertiary/aromatic N) is 1. The largest absolute Gasteiger partial charge is 0.361 e. The molecule has 0 aliphatic carbocycles. The number of nitrogens with one attached hydrogen (secondary N) is 4. The molecule has 3 aromatic carbocycles. The summed E-state index contributed by atoms with van der Waals surface area (Å²) < 4.78 is 0. The van der Waals surface area contributed by atoms with Crippen molar-refractivity contribution in [1.29, 1.82) is 0 Å². The van der Waals surface area contributed by atoms with Crippen LogP contribution in [0.3, 0.4) is 0 Å². The number of carbonyl (C=O) groups is 4. The van der Waals surface area contributed by atoms with Crippen molar-refractivity contribution >= 4 is 63.2 Å². The predicted molar refractivity (Wildman–Crippen MR) is 151 cm³/mol. The van der Waals surface area contributed by atoms with Gasteiger partial charge in [0, 0.05) is 52.0 Å². The lowest BCUT2D eigenvalue weighted by molar-refractivity contribution is -0.130. The van der Waals surface area contributed by atoms with Gasteiger partial charge in [-0.25, -0.2) is 4.90 Å². The third kappa shape index (κ3) is 3.44. The van der Waals surface area contributed by atoms with Crippen LogP contribution in [0, 0.1) is 11.8 Å². The second-order valence-corrected chi connectivity index (χ2v) is 10.9. The number of hydrogen-bond acceptors (Lipinski definition) is 5. The van der Waals surface area contributed by atoms with E-state index in [4.69, 9.17) is 11.6 Å². The average Bonchev–Trinajstić information content (AvgIpc) is 3.64. The quantitative estimate of drug-likeness (QED) is 0.285. The van der Waals surface area contributed by atoms with Gasteiger partial charge >= 0.3 is 0 Å². The number of H-pyrrole nitrogens is 1. The van der Waals surface area contributed by atoms with Gasteiger partial charge in [-0.05, 0) is 60.5 Å². The van der Waals surface area contributed by atoms with E-state index in [9.17, 15) is 19.2 Å². The third-order valence-corrected chi connectivity index (χ3v) is 8.47. The Hall–Kier alpha value is -4.47.